The smallest absolute Gasteiger partial charge is 0.296 e. The molecule has 6 rings (SSSR count). The molecular weight excluding hydrogens is 1180 g/mol. The van der Waals surface area contributed by atoms with Crippen LogP contribution in [0.5, 0.6) is 0 Å². The number of hydrogen-bond acceptors (Lipinski definition) is 29. The van der Waals surface area contributed by atoms with Crippen LogP contribution in [0.25, 0.3) is 12.2 Å². The number of aliphatic hydroxyl groups excluding tert-OH is 4. The predicted molar refractivity (Wildman–Crippen MR) is 287 cm³/mol. The average Bonchev–Trinajstić information content (AvgIpc) is 3.34. The van der Waals surface area contributed by atoms with Gasteiger partial charge in [-0.1, -0.05) is 24.3 Å². The van der Waals surface area contributed by atoms with Gasteiger partial charge in [-0.3, -0.25) is 9.11 Å². The van der Waals surface area contributed by atoms with Gasteiger partial charge in [0.05, 0.1) is 57.4 Å². The van der Waals surface area contributed by atoms with Crippen LogP contribution >= 0.6 is 0 Å². The quantitative estimate of drug-likeness (QED) is 0.0259. The molecule has 2 heterocycles. The van der Waals surface area contributed by atoms with Crippen LogP contribution in [0.2, 0.25) is 0 Å². The SMILES string of the molecule is CS(=O)(=O)c1ccc(S(=O)(=O)O)c(Nc2nc(Nc3ccc(/C=C/c4ccc(Nc5nc(Nc6cc(S(=O)(=O)[O-])ccc6S(C)(=O)=O)nc(N(CCO)CCO)n5)cc4S(=O)(=O)O)c(S(C)(=O)=O)c3)nc(N(CCO)CCO)n2)c1. The number of nitrogens with zero attached hydrogens (tertiary/aromatic N) is 8. The standard InChI is InChI=1S/C43H50N12O19S6/c1-75(60,61)30-10-13-35(79(69,70)71)33(24-30)47-41-49-38(50-43(53-41)55(16-20-58)17-21-59)44-28-8-6-26(36(22-28)77(3,64)65)4-5-27-7-9-29(23-37(27)80(72,73)74)45-39-48-40(52-42(51-39)54(14-18-56)15-19-57)46-32-25-31(78(66,67)68)11-12-34(32)76(2,62)63/h4-13,22-25,56-59H,14-21H2,1-3H3,(H,66,67,68)(H,69,70,71)(H,72,73,74)(H2,44,47,49,50,53)(H2,45,46,48,51,52)/p-1/b5-4+. The molecule has 0 fully saturated rings. The third-order valence-corrected chi connectivity index (χ3v) is 16.8. The number of benzene rings is 4. The van der Waals surface area contributed by atoms with E-state index in [2.05, 4.69) is 51.2 Å². The van der Waals surface area contributed by atoms with Gasteiger partial charge in [0.15, 0.2) is 29.5 Å². The Kier molecular flexibility index (Phi) is 19.2. The van der Waals surface area contributed by atoms with E-state index in [1.165, 1.54) is 40.1 Å². The van der Waals surface area contributed by atoms with Gasteiger partial charge in [0, 0.05) is 56.3 Å². The van der Waals surface area contributed by atoms with E-state index in [0.29, 0.717) is 0 Å². The molecule has 0 aliphatic rings. The molecule has 37 heteroatoms. The summed E-state index contributed by atoms with van der Waals surface area (Å²) in [5.74, 6) is -2.25. The Morgan fingerprint density at radius 3 is 1.19 bits per heavy atom. The van der Waals surface area contributed by atoms with Crippen molar-refractivity contribution in [1.29, 1.82) is 0 Å². The molecular formula is C43H49N12O19S6-. The van der Waals surface area contributed by atoms with Gasteiger partial charge < -0.3 is 56.0 Å². The fourth-order valence-electron chi connectivity index (χ4n) is 7.21. The molecule has 31 nitrogen and oxygen atoms in total. The van der Waals surface area contributed by atoms with Gasteiger partial charge in [-0.2, -0.15) is 46.7 Å². The van der Waals surface area contributed by atoms with Gasteiger partial charge in [-0.15, -0.1) is 0 Å². The van der Waals surface area contributed by atoms with Gasteiger partial charge in [0.1, 0.15) is 19.9 Å². The van der Waals surface area contributed by atoms with E-state index < -0.39 is 135 Å². The molecule has 0 saturated heterocycles. The molecule has 0 saturated carbocycles. The molecule has 0 aliphatic carbocycles. The zero-order valence-electron chi connectivity index (χ0n) is 41.8. The number of hydrogen-bond donors (Lipinski definition) is 10. The van der Waals surface area contributed by atoms with Crippen molar-refractivity contribution in [3.63, 3.8) is 0 Å². The third-order valence-electron chi connectivity index (χ3n) is 10.7. The molecule has 0 amide bonds. The molecule has 4 aromatic carbocycles. The van der Waals surface area contributed by atoms with Gasteiger partial charge in [0.2, 0.25) is 35.7 Å². The first-order chi connectivity index (χ1) is 37.2. The zero-order chi connectivity index (χ0) is 59.2. The molecule has 0 aliphatic heterocycles. The molecule has 80 heavy (non-hydrogen) atoms. The van der Waals surface area contributed by atoms with Gasteiger partial charge in [0.25, 0.3) is 20.2 Å². The molecule has 0 spiro atoms. The number of aliphatic hydroxyl groups is 4. The Labute approximate surface area is 458 Å². The highest BCUT2D eigenvalue weighted by Gasteiger charge is 2.24. The van der Waals surface area contributed by atoms with Crippen molar-refractivity contribution < 1.29 is 84.6 Å². The molecule has 0 atom stereocenters. The number of sulfone groups is 3. The lowest BCUT2D eigenvalue weighted by atomic mass is 10.1. The average molecular weight is 1230 g/mol. The second-order valence-corrected chi connectivity index (χ2v) is 27.0. The van der Waals surface area contributed by atoms with Gasteiger partial charge in [-0.25, -0.2) is 33.7 Å². The van der Waals surface area contributed by atoms with Gasteiger partial charge in [-0.05, 0) is 71.8 Å². The molecule has 0 bridgehead atoms. The van der Waals surface area contributed by atoms with Gasteiger partial charge >= 0.3 is 0 Å². The first-order valence-electron chi connectivity index (χ1n) is 22.5. The highest BCUT2D eigenvalue weighted by atomic mass is 32.2. The van der Waals surface area contributed by atoms with Crippen LogP contribution in [0, 0.1) is 0 Å². The molecule has 0 radical (unpaired) electrons. The van der Waals surface area contributed by atoms with Crippen LogP contribution < -0.4 is 31.1 Å². The van der Waals surface area contributed by atoms with Crippen molar-refractivity contribution in [2.24, 2.45) is 0 Å². The van der Waals surface area contributed by atoms with Crippen LogP contribution in [-0.2, 0) is 59.9 Å². The minimum atomic E-state index is -5.12. The minimum absolute atomic E-state index is 0.0104. The van der Waals surface area contributed by atoms with Crippen molar-refractivity contribution in [1.82, 2.24) is 29.9 Å². The van der Waals surface area contributed by atoms with Crippen molar-refractivity contribution in [3.8, 4) is 0 Å². The monoisotopic (exact) mass is 1230 g/mol. The summed E-state index contributed by atoms with van der Waals surface area (Å²) in [6, 6.07) is 12.2. The van der Waals surface area contributed by atoms with E-state index in [1.807, 2.05) is 0 Å². The van der Waals surface area contributed by atoms with E-state index in [-0.39, 0.29) is 76.3 Å². The maximum Gasteiger partial charge on any atom is 0.296 e. The van der Waals surface area contributed by atoms with E-state index in [9.17, 15) is 84.6 Å². The first-order valence-corrected chi connectivity index (χ1v) is 32.5. The fraction of sp³-hybridized carbons (Fsp3) is 0.256. The topological polar surface area (TPSA) is 481 Å². The predicted octanol–water partition coefficient (Wildman–Crippen LogP) is 0.391. The van der Waals surface area contributed by atoms with Crippen LogP contribution in [0.15, 0.2) is 102 Å². The van der Waals surface area contributed by atoms with Crippen molar-refractivity contribution in [2.75, 3.05) is 102 Å². The zero-order valence-corrected chi connectivity index (χ0v) is 46.7. The summed E-state index contributed by atoms with van der Waals surface area (Å²) in [6.07, 6.45) is 4.85. The maximum absolute atomic E-state index is 13.3. The first kappa shape index (κ1) is 62.1. The van der Waals surface area contributed by atoms with Crippen molar-refractivity contribution in [2.45, 2.75) is 29.4 Å². The normalized spacial score (nSPS) is 12.6. The summed E-state index contributed by atoms with van der Waals surface area (Å²) in [4.78, 5) is 24.4. The Hall–Kier alpha value is -7.14. The molecule has 10 N–H and O–H groups in total. The number of nitrogens with one attached hydrogen (secondary N) is 4. The third kappa shape index (κ3) is 16.3. The van der Waals surface area contributed by atoms with Crippen LogP contribution in [0.4, 0.5) is 58.4 Å². The largest absolute Gasteiger partial charge is 0.744 e. The molecule has 6 aromatic rings. The van der Waals surface area contributed by atoms with E-state index >= 15 is 0 Å². The lowest BCUT2D eigenvalue weighted by Gasteiger charge is -2.22. The highest BCUT2D eigenvalue weighted by Crippen LogP contribution is 2.33. The van der Waals surface area contributed by atoms with Crippen molar-refractivity contribution >= 4 is 130 Å². The van der Waals surface area contributed by atoms with Crippen LogP contribution in [-0.4, -0.2) is 186 Å². The van der Waals surface area contributed by atoms with E-state index in [0.717, 1.165) is 73.4 Å². The lowest BCUT2D eigenvalue weighted by Crippen LogP contribution is -2.31. The van der Waals surface area contributed by atoms with Crippen LogP contribution in [0.3, 0.4) is 0 Å². The fourth-order valence-corrected chi connectivity index (χ4v) is 11.4. The number of aromatic nitrogens is 6. The highest BCUT2D eigenvalue weighted by molar-refractivity contribution is 7.91. The van der Waals surface area contributed by atoms with E-state index in [4.69, 9.17) is 0 Å². The summed E-state index contributed by atoms with van der Waals surface area (Å²) >= 11 is 0. The van der Waals surface area contributed by atoms with Crippen molar-refractivity contribution in [3.05, 3.63) is 83.9 Å². The second-order valence-electron chi connectivity index (χ2n) is 16.8. The molecule has 2 aromatic heterocycles. The number of rotatable bonds is 26. The number of anilines is 10. The Bertz CT molecular complexity index is 3790. The Balaban J connectivity index is 1.38. The molecule has 432 valence electrons. The summed E-state index contributed by atoms with van der Waals surface area (Å²) in [7, 11) is -27.4. The summed E-state index contributed by atoms with van der Waals surface area (Å²) in [6.45, 7) is -2.59. The van der Waals surface area contributed by atoms with E-state index in [1.54, 1.807) is 0 Å². The molecule has 0 unspecified atom stereocenters. The minimum Gasteiger partial charge on any atom is -0.744 e. The van der Waals surface area contributed by atoms with Crippen LogP contribution in [0.1, 0.15) is 11.1 Å². The Morgan fingerprint density at radius 2 is 0.800 bits per heavy atom. The lowest BCUT2D eigenvalue weighted by molar-refractivity contribution is 0.279. The maximum atomic E-state index is 13.3. The summed E-state index contributed by atoms with van der Waals surface area (Å²) in [5, 5.41) is 49.5. The Morgan fingerprint density at radius 1 is 0.438 bits per heavy atom. The summed E-state index contributed by atoms with van der Waals surface area (Å²) in [5.41, 5.74) is -1.34. The second kappa shape index (κ2) is 24.7. The summed E-state index contributed by atoms with van der Waals surface area (Å²) < 4.78 is 183.